The molecular weight excluding hydrogens is 449 g/mol. The Kier molecular flexibility index (Phi) is 8.25. The molecule has 11 heteroatoms. The summed E-state index contributed by atoms with van der Waals surface area (Å²) >= 11 is 0. The molecule has 2 aromatic rings. The summed E-state index contributed by atoms with van der Waals surface area (Å²) in [6, 6.07) is 9.43. The molecule has 0 aromatic heterocycles. The molecule has 174 valence electrons. The van der Waals surface area contributed by atoms with Gasteiger partial charge in [0.25, 0.3) is 0 Å². The number of ether oxygens (including phenoxy) is 1. The predicted molar refractivity (Wildman–Crippen MR) is 114 cm³/mol. The lowest BCUT2D eigenvalue weighted by Gasteiger charge is -2.22. The third kappa shape index (κ3) is 7.26. The first-order chi connectivity index (χ1) is 14.9. The van der Waals surface area contributed by atoms with Crippen LogP contribution in [0.4, 0.5) is 24.5 Å². The lowest BCUT2D eigenvalue weighted by atomic mass is 10.2. The number of sulfonamides is 1. The number of carbonyl (C=O) groups excluding carboxylic acids is 2. The van der Waals surface area contributed by atoms with Crippen LogP contribution >= 0.6 is 0 Å². The predicted octanol–water partition coefficient (Wildman–Crippen LogP) is 4.07. The quantitative estimate of drug-likeness (QED) is 0.439. The second kappa shape index (κ2) is 10.5. The number of nitrogens with zero attached hydrogens (tertiary/aromatic N) is 1. The summed E-state index contributed by atoms with van der Waals surface area (Å²) < 4.78 is 68.8. The average Bonchev–Trinajstić information content (AvgIpc) is 2.71. The summed E-state index contributed by atoms with van der Waals surface area (Å²) in [6.45, 7) is 1.52. The monoisotopic (exact) mass is 472 g/mol. The fourth-order valence-electron chi connectivity index (χ4n) is 2.65. The summed E-state index contributed by atoms with van der Waals surface area (Å²) in [5, 5.41) is 2.46. The van der Waals surface area contributed by atoms with Crippen LogP contribution in [0, 0.1) is 0 Å². The van der Waals surface area contributed by atoms with E-state index >= 15 is 0 Å². The molecular formula is C21H23F3N2O5S. The Morgan fingerprint density at radius 2 is 1.75 bits per heavy atom. The molecule has 0 saturated heterocycles. The first-order valence-corrected chi connectivity index (χ1v) is 11.5. The van der Waals surface area contributed by atoms with Crippen molar-refractivity contribution in [1.29, 1.82) is 0 Å². The molecule has 0 aliphatic rings. The van der Waals surface area contributed by atoms with Crippen molar-refractivity contribution in [1.82, 2.24) is 0 Å². The van der Waals surface area contributed by atoms with E-state index in [0.29, 0.717) is 17.0 Å². The smallest absolute Gasteiger partial charge is 0.416 e. The van der Waals surface area contributed by atoms with Gasteiger partial charge in [0.05, 0.1) is 29.7 Å². The Morgan fingerprint density at radius 1 is 1.09 bits per heavy atom. The molecule has 1 amide bonds. The molecule has 0 aliphatic heterocycles. The van der Waals surface area contributed by atoms with Gasteiger partial charge in [-0.2, -0.15) is 13.2 Å². The topological polar surface area (TPSA) is 92.8 Å². The van der Waals surface area contributed by atoms with Gasteiger partial charge < -0.3 is 10.1 Å². The zero-order valence-electron chi connectivity index (χ0n) is 17.5. The third-order valence-electron chi connectivity index (χ3n) is 4.28. The van der Waals surface area contributed by atoms with Crippen LogP contribution in [0.25, 0.3) is 0 Å². The fourth-order valence-corrected chi connectivity index (χ4v) is 3.50. The molecule has 0 saturated carbocycles. The van der Waals surface area contributed by atoms with Gasteiger partial charge >= 0.3 is 12.1 Å². The number of alkyl halides is 3. The minimum Gasteiger partial charge on any atom is -0.462 e. The minimum atomic E-state index is -4.67. The van der Waals surface area contributed by atoms with Crippen LogP contribution in [0.5, 0.6) is 0 Å². The number of halogens is 3. The van der Waals surface area contributed by atoms with Crippen LogP contribution < -0.4 is 9.62 Å². The summed E-state index contributed by atoms with van der Waals surface area (Å²) in [5.41, 5.74) is -0.772. The minimum absolute atomic E-state index is 0.276. The highest BCUT2D eigenvalue weighted by Gasteiger charge is 2.32. The fraction of sp³-hybridized carbons (Fsp3) is 0.333. The number of nitrogens with one attached hydrogen (secondary N) is 1. The number of benzene rings is 2. The normalized spacial score (nSPS) is 11.7. The highest BCUT2D eigenvalue weighted by atomic mass is 32.2. The summed E-state index contributed by atoms with van der Waals surface area (Å²) in [5.74, 6) is -1.28. The first-order valence-electron chi connectivity index (χ1n) is 9.64. The highest BCUT2D eigenvalue weighted by molar-refractivity contribution is 7.92. The van der Waals surface area contributed by atoms with Crippen LogP contribution in [-0.2, 0) is 25.7 Å². The Hall–Kier alpha value is -3.08. The summed E-state index contributed by atoms with van der Waals surface area (Å²) in [7, 11) is -4.05. The molecule has 0 fully saturated rings. The van der Waals surface area contributed by atoms with Gasteiger partial charge in [-0.3, -0.25) is 9.10 Å². The number of amides is 1. The Morgan fingerprint density at radius 3 is 2.31 bits per heavy atom. The van der Waals surface area contributed by atoms with Gasteiger partial charge in [-0.25, -0.2) is 13.2 Å². The molecule has 0 bridgehead atoms. The van der Waals surface area contributed by atoms with E-state index in [2.05, 4.69) is 5.32 Å². The Labute approximate surface area is 184 Å². The number of esters is 1. The molecule has 7 nitrogen and oxygen atoms in total. The number of hydrogen-bond acceptors (Lipinski definition) is 5. The molecule has 0 heterocycles. The Balaban J connectivity index is 2.11. The molecule has 0 spiro atoms. The van der Waals surface area contributed by atoms with Crippen LogP contribution in [0.15, 0.2) is 48.5 Å². The standard InChI is InChI=1S/C21H23F3N2O5S/c1-3-4-12-31-20(28)15-8-10-17(11-9-15)25-19(27)14-26(32(2,29)30)18-7-5-6-16(13-18)21(22,23)24/h5-11,13H,3-4,12,14H2,1-2H3,(H,25,27). The molecule has 0 unspecified atom stereocenters. The maximum atomic E-state index is 13.0. The maximum Gasteiger partial charge on any atom is 0.416 e. The maximum absolute atomic E-state index is 13.0. The van der Waals surface area contributed by atoms with E-state index in [1.165, 1.54) is 30.3 Å². The zero-order chi connectivity index (χ0) is 23.9. The van der Waals surface area contributed by atoms with E-state index < -0.39 is 40.2 Å². The van der Waals surface area contributed by atoms with Crippen LogP contribution in [0.3, 0.4) is 0 Å². The van der Waals surface area contributed by atoms with Gasteiger partial charge in [-0.1, -0.05) is 19.4 Å². The molecule has 0 aliphatic carbocycles. The summed E-state index contributed by atoms with van der Waals surface area (Å²) in [4.78, 5) is 24.3. The third-order valence-corrected chi connectivity index (χ3v) is 5.42. The largest absolute Gasteiger partial charge is 0.462 e. The highest BCUT2D eigenvalue weighted by Crippen LogP contribution is 2.32. The van der Waals surface area contributed by atoms with Crippen molar-refractivity contribution in [3.8, 4) is 0 Å². The second-order valence-electron chi connectivity index (χ2n) is 6.93. The van der Waals surface area contributed by atoms with E-state index in [0.717, 1.165) is 31.2 Å². The lowest BCUT2D eigenvalue weighted by Crippen LogP contribution is -2.37. The Bertz CT molecular complexity index is 1050. The van der Waals surface area contributed by atoms with Crippen LogP contribution in [-0.4, -0.2) is 39.7 Å². The first kappa shape index (κ1) is 25.2. The molecule has 0 radical (unpaired) electrons. The number of unbranched alkanes of at least 4 members (excludes halogenated alkanes) is 1. The van der Waals surface area contributed by atoms with Gasteiger partial charge in [0.15, 0.2) is 0 Å². The number of anilines is 2. The molecule has 2 rings (SSSR count). The molecule has 2 aromatic carbocycles. The van der Waals surface area contributed by atoms with Crippen molar-refractivity contribution in [2.45, 2.75) is 25.9 Å². The van der Waals surface area contributed by atoms with Crippen molar-refractivity contribution >= 4 is 33.3 Å². The molecule has 1 N–H and O–H groups in total. The van der Waals surface area contributed by atoms with Gasteiger partial charge in [-0.15, -0.1) is 0 Å². The van der Waals surface area contributed by atoms with Gasteiger partial charge in [0.2, 0.25) is 15.9 Å². The van der Waals surface area contributed by atoms with Crippen molar-refractivity contribution in [3.63, 3.8) is 0 Å². The van der Waals surface area contributed by atoms with Crippen molar-refractivity contribution in [2.75, 3.05) is 29.0 Å². The lowest BCUT2D eigenvalue weighted by molar-refractivity contribution is -0.137. The van der Waals surface area contributed by atoms with E-state index in [9.17, 15) is 31.2 Å². The van der Waals surface area contributed by atoms with Crippen LogP contribution in [0.1, 0.15) is 35.7 Å². The number of carbonyl (C=O) groups is 2. The SMILES string of the molecule is CCCCOC(=O)c1ccc(NC(=O)CN(c2cccc(C(F)(F)F)c2)S(C)(=O)=O)cc1. The van der Waals surface area contributed by atoms with Gasteiger partial charge in [0.1, 0.15) is 6.54 Å². The van der Waals surface area contributed by atoms with E-state index in [-0.39, 0.29) is 16.9 Å². The summed E-state index contributed by atoms with van der Waals surface area (Å²) in [6.07, 6.45) is -2.26. The van der Waals surface area contributed by atoms with E-state index in [1.54, 1.807) is 0 Å². The van der Waals surface area contributed by atoms with Crippen LogP contribution in [0.2, 0.25) is 0 Å². The van der Waals surface area contributed by atoms with E-state index in [1.807, 2.05) is 6.92 Å². The van der Waals surface area contributed by atoms with E-state index in [4.69, 9.17) is 4.74 Å². The molecule has 32 heavy (non-hydrogen) atoms. The van der Waals surface area contributed by atoms with Gasteiger partial charge in [-0.05, 0) is 48.9 Å². The second-order valence-corrected chi connectivity index (χ2v) is 8.84. The zero-order valence-corrected chi connectivity index (χ0v) is 18.3. The number of rotatable bonds is 9. The van der Waals surface area contributed by atoms with Crippen molar-refractivity contribution in [3.05, 3.63) is 59.7 Å². The number of hydrogen-bond donors (Lipinski definition) is 1. The average molecular weight is 472 g/mol. The van der Waals surface area contributed by atoms with Crippen molar-refractivity contribution < 1.29 is 35.9 Å². The molecule has 0 atom stereocenters. The van der Waals surface area contributed by atoms with Crippen molar-refractivity contribution in [2.24, 2.45) is 0 Å². The van der Waals surface area contributed by atoms with Gasteiger partial charge in [0, 0.05) is 5.69 Å².